The van der Waals surface area contributed by atoms with Gasteiger partial charge in [-0.2, -0.15) is 0 Å². The van der Waals surface area contributed by atoms with Gasteiger partial charge in [0.15, 0.2) is 0 Å². The molecule has 0 fully saturated rings. The summed E-state index contributed by atoms with van der Waals surface area (Å²) in [5.74, 6) is -0.344. The van der Waals surface area contributed by atoms with Crippen molar-refractivity contribution in [1.29, 1.82) is 0 Å². The van der Waals surface area contributed by atoms with Crippen LogP contribution in [-0.4, -0.2) is 39.9 Å². The molecule has 0 aromatic carbocycles. The molecule has 0 bridgehead atoms. The topological polar surface area (TPSA) is 73.7 Å². The van der Waals surface area contributed by atoms with Crippen LogP contribution in [0.4, 0.5) is 5.82 Å². The van der Waals surface area contributed by atoms with Crippen LogP contribution in [0.3, 0.4) is 0 Å². The molecule has 0 unspecified atom stereocenters. The molecular formula is C15H24N2O3. The van der Waals surface area contributed by atoms with Crippen molar-refractivity contribution in [2.75, 3.05) is 18.0 Å². The molecule has 0 aliphatic heterocycles. The Morgan fingerprint density at radius 2 is 2.00 bits per heavy atom. The molecule has 1 heterocycles. The van der Waals surface area contributed by atoms with Crippen molar-refractivity contribution >= 4 is 11.8 Å². The van der Waals surface area contributed by atoms with Crippen LogP contribution in [0.1, 0.15) is 50.2 Å². The smallest absolute Gasteiger partial charge is 0.335 e. The van der Waals surface area contributed by atoms with E-state index in [1.165, 1.54) is 0 Å². The number of pyridine rings is 1. The van der Waals surface area contributed by atoms with Crippen molar-refractivity contribution in [2.24, 2.45) is 0 Å². The first-order chi connectivity index (χ1) is 9.26. The molecule has 0 saturated carbocycles. The lowest BCUT2D eigenvalue weighted by atomic mass is 10.1. The number of aryl methyl sites for hydroxylation is 1. The maximum absolute atomic E-state index is 11.2. The minimum Gasteiger partial charge on any atom is -0.478 e. The molecular weight excluding hydrogens is 256 g/mol. The van der Waals surface area contributed by atoms with Gasteiger partial charge in [-0.1, -0.05) is 13.3 Å². The van der Waals surface area contributed by atoms with E-state index < -0.39 is 11.6 Å². The first-order valence-electron chi connectivity index (χ1n) is 6.98. The molecule has 5 nitrogen and oxygen atoms in total. The Morgan fingerprint density at radius 1 is 1.35 bits per heavy atom. The van der Waals surface area contributed by atoms with Crippen LogP contribution >= 0.6 is 0 Å². The van der Waals surface area contributed by atoms with Crippen LogP contribution < -0.4 is 4.90 Å². The normalized spacial score (nSPS) is 11.4. The summed E-state index contributed by atoms with van der Waals surface area (Å²) in [4.78, 5) is 17.6. The summed E-state index contributed by atoms with van der Waals surface area (Å²) >= 11 is 0. The molecule has 0 atom stereocenters. The monoisotopic (exact) mass is 280 g/mol. The summed E-state index contributed by atoms with van der Waals surface area (Å²) in [6, 6.07) is 3.18. The van der Waals surface area contributed by atoms with Crippen LogP contribution in [0.2, 0.25) is 0 Å². The van der Waals surface area contributed by atoms with Crippen LogP contribution in [-0.2, 0) is 6.42 Å². The quantitative estimate of drug-likeness (QED) is 0.802. The second-order valence-electron chi connectivity index (χ2n) is 5.59. The first kappa shape index (κ1) is 16.4. The fraction of sp³-hybridized carbons (Fsp3) is 0.600. The maximum atomic E-state index is 11.2. The number of likely N-dealkylation sites (N-methyl/N-ethyl adjacent to an activating group) is 1. The van der Waals surface area contributed by atoms with Crippen LogP contribution in [0.25, 0.3) is 0 Å². The number of aromatic nitrogens is 1. The summed E-state index contributed by atoms with van der Waals surface area (Å²) in [6.45, 7) is 8.51. The number of anilines is 1. The molecule has 112 valence electrons. The highest BCUT2D eigenvalue weighted by Gasteiger charge is 2.20. The highest BCUT2D eigenvalue weighted by molar-refractivity contribution is 5.88. The number of carbonyl (C=O) groups is 1. The number of hydrogen-bond acceptors (Lipinski definition) is 4. The number of nitrogens with zero attached hydrogens (tertiary/aromatic N) is 2. The Bertz CT molecular complexity index is 467. The summed E-state index contributed by atoms with van der Waals surface area (Å²) < 4.78 is 0. The van der Waals surface area contributed by atoms with Gasteiger partial charge < -0.3 is 15.1 Å². The summed E-state index contributed by atoms with van der Waals surface area (Å²) in [5, 5.41) is 19.1. The molecule has 5 heteroatoms. The number of aromatic carboxylic acids is 1. The molecule has 20 heavy (non-hydrogen) atoms. The molecule has 1 aromatic rings. The van der Waals surface area contributed by atoms with Crippen molar-refractivity contribution in [3.05, 3.63) is 23.4 Å². The number of aliphatic hydroxyl groups is 1. The number of hydrogen-bond donors (Lipinski definition) is 2. The maximum Gasteiger partial charge on any atom is 0.335 e. The Hall–Kier alpha value is -1.62. The van der Waals surface area contributed by atoms with Crippen molar-refractivity contribution in [2.45, 2.75) is 46.1 Å². The lowest BCUT2D eigenvalue weighted by molar-refractivity contribution is 0.0696. The largest absolute Gasteiger partial charge is 0.478 e. The third kappa shape index (κ3) is 4.81. The molecule has 0 spiro atoms. The molecule has 1 aromatic heterocycles. The zero-order valence-corrected chi connectivity index (χ0v) is 12.7. The van der Waals surface area contributed by atoms with Gasteiger partial charge in [-0.25, -0.2) is 9.78 Å². The molecule has 0 aliphatic carbocycles. The fourth-order valence-electron chi connectivity index (χ4n) is 2.06. The minimum absolute atomic E-state index is 0.243. The van der Waals surface area contributed by atoms with Crippen molar-refractivity contribution in [3.8, 4) is 0 Å². The predicted molar refractivity (Wildman–Crippen MR) is 79.4 cm³/mol. The molecule has 0 amide bonds. The summed E-state index contributed by atoms with van der Waals surface area (Å²) in [5.41, 5.74) is 0.159. The molecule has 0 saturated heterocycles. The van der Waals surface area contributed by atoms with Crippen LogP contribution in [0.5, 0.6) is 0 Å². The molecule has 1 rings (SSSR count). The predicted octanol–water partition coefficient (Wildman–Crippen LogP) is 2.33. The van der Waals surface area contributed by atoms with Gasteiger partial charge in [-0.05, 0) is 39.3 Å². The van der Waals surface area contributed by atoms with Crippen molar-refractivity contribution < 1.29 is 15.0 Å². The first-order valence-corrected chi connectivity index (χ1v) is 6.98. The van der Waals surface area contributed by atoms with Crippen molar-refractivity contribution in [3.63, 3.8) is 0 Å². The third-order valence-corrected chi connectivity index (χ3v) is 2.90. The van der Waals surface area contributed by atoms with E-state index in [-0.39, 0.29) is 5.56 Å². The number of rotatable bonds is 7. The lowest BCUT2D eigenvalue weighted by Crippen LogP contribution is -2.39. The highest BCUT2D eigenvalue weighted by Crippen LogP contribution is 2.18. The van der Waals surface area contributed by atoms with E-state index in [1.54, 1.807) is 26.0 Å². The molecule has 0 aliphatic rings. The zero-order chi connectivity index (χ0) is 15.3. The third-order valence-electron chi connectivity index (χ3n) is 2.90. The second kappa shape index (κ2) is 6.70. The Balaban J connectivity index is 3.16. The van der Waals surface area contributed by atoms with E-state index in [1.807, 2.05) is 18.7 Å². The summed E-state index contributed by atoms with van der Waals surface area (Å²) in [7, 11) is 0. The van der Waals surface area contributed by atoms with Gasteiger partial charge >= 0.3 is 5.97 Å². The van der Waals surface area contributed by atoms with Gasteiger partial charge in [0.2, 0.25) is 0 Å². The molecule has 0 radical (unpaired) electrons. The Morgan fingerprint density at radius 3 is 2.45 bits per heavy atom. The lowest BCUT2D eigenvalue weighted by Gasteiger charge is -2.29. The minimum atomic E-state index is -0.953. The van der Waals surface area contributed by atoms with Gasteiger partial charge in [-0.15, -0.1) is 0 Å². The average Bonchev–Trinajstić information content (AvgIpc) is 2.34. The van der Waals surface area contributed by atoms with Crippen molar-refractivity contribution in [1.82, 2.24) is 4.98 Å². The van der Waals surface area contributed by atoms with Gasteiger partial charge in [0.25, 0.3) is 0 Å². The van der Waals surface area contributed by atoms with E-state index in [2.05, 4.69) is 4.98 Å². The van der Waals surface area contributed by atoms with E-state index in [4.69, 9.17) is 0 Å². The molecule has 2 N–H and O–H groups in total. The highest BCUT2D eigenvalue weighted by atomic mass is 16.4. The van der Waals surface area contributed by atoms with Gasteiger partial charge in [-0.3, -0.25) is 0 Å². The fourth-order valence-corrected chi connectivity index (χ4v) is 2.06. The Labute approximate surface area is 120 Å². The average molecular weight is 280 g/mol. The van der Waals surface area contributed by atoms with E-state index in [9.17, 15) is 15.0 Å². The number of carboxylic acid groups (broad SMARTS) is 1. The van der Waals surface area contributed by atoms with Crippen LogP contribution in [0, 0.1) is 0 Å². The van der Waals surface area contributed by atoms with E-state index in [0.29, 0.717) is 18.9 Å². The van der Waals surface area contributed by atoms with Gasteiger partial charge in [0.1, 0.15) is 5.82 Å². The van der Waals surface area contributed by atoms with Gasteiger partial charge in [0, 0.05) is 18.8 Å². The number of carboxylic acids is 1. The SMILES string of the molecule is CCCc1cc(C(=O)O)cc(N(CC)CC(C)(C)O)n1. The standard InChI is InChI=1S/C15H24N2O3/c1-5-7-12-8-11(14(18)19)9-13(16-12)17(6-2)10-15(3,4)20/h8-9,20H,5-7,10H2,1-4H3,(H,18,19). The summed E-state index contributed by atoms with van der Waals surface area (Å²) in [6.07, 6.45) is 1.65. The zero-order valence-electron chi connectivity index (χ0n) is 12.7. The Kier molecular flexibility index (Phi) is 5.51. The van der Waals surface area contributed by atoms with Crippen LogP contribution in [0.15, 0.2) is 12.1 Å². The van der Waals surface area contributed by atoms with Gasteiger partial charge in [0.05, 0.1) is 11.2 Å². The van der Waals surface area contributed by atoms with E-state index in [0.717, 1.165) is 18.5 Å². The second-order valence-corrected chi connectivity index (χ2v) is 5.59. The van der Waals surface area contributed by atoms with E-state index >= 15 is 0 Å².